The molecule has 1 saturated heterocycles. The van der Waals surface area contributed by atoms with Crippen molar-refractivity contribution >= 4 is 43.2 Å². The second kappa shape index (κ2) is 18.4. The van der Waals surface area contributed by atoms with Gasteiger partial charge < -0.3 is 33.8 Å². The Labute approximate surface area is 327 Å². The van der Waals surface area contributed by atoms with Crippen LogP contribution in [0.5, 0.6) is 0 Å². The number of aromatic amines is 1. The topological polar surface area (TPSA) is 312 Å². The molecule has 26 heteroatoms. The zero-order chi connectivity index (χ0) is 42.5. The summed E-state index contributed by atoms with van der Waals surface area (Å²) in [4.78, 5) is 93.8. The Morgan fingerprint density at radius 1 is 0.690 bits per heavy atom. The van der Waals surface area contributed by atoms with Crippen molar-refractivity contribution in [3.8, 4) is 0 Å². The smallest absolute Gasteiger partial charge is 0.452 e. The van der Waals surface area contributed by atoms with Gasteiger partial charge >= 0.3 is 48.9 Å². The van der Waals surface area contributed by atoms with E-state index in [1.807, 2.05) is 4.98 Å². The number of carbonyl (C=O) groups excluding carboxylic acids is 2. The van der Waals surface area contributed by atoms with Gasteiger partial charge in [-0.05, 0) is 43.7 Å². The quantitative estimate of drug-likeness (QED) is 0.0733. The number of aromatic nitrogens is 2. The Balaban J connectivity index is 1.38. The molecule has 0 saturated carbocycles. The molecule has 22 nitrogen and oxygen atoms in total. The molecular formula is C32H34N2O20P4. The first-order valence-corrected chi connectivity index (χ1v) is 22.4. The van der Waals surface area contributed by atoms with Crippen LogP contribution in [0.25, 0.3) is 0 Å². The van der Waals surface area contributed by atoms with Crippen molar-refractivity contribution in [2.75, 3.05) is 6.61 Å². The minimum absolute atomic E-state index is 0.00782. The van der Waals surface area contributed by atoms with E-state index in [0.717, 1.165) is 16.8 Å². The lowest BCUT2D eigenvalue weighted by Crippen LogP contribution is -2.42. The number of carbonyl (C=O) groups is 2. The van der Waals surface area contributed by atoms with Gasteiger partial charge in [-0.15, -0.1) is 0 Å². The van der Waals surface area contributed by atoms with Crippen molar-refractivity contribution in [3.63, 3.8) is 0 Å². The highest BCUT2D eigenvalue weighted by Crippen LogP contribution is 2.71. The molecule has 2 heterocycles. The lowest BCUT2D eigenvalue weighted by atomic mass is 10.1. The molecule has 1 aliphatic rings. The van der Waals surface area contributed by atoms with Crippen LogP contribution >= 0.6 is 31.3 Å². The molecule has 1 aliphatic heterocycles. The Morgan fingerprint density at radius 2 is 1.21 bits per heavy atom. The second-order valence-corrected chi connectivity index (χ2v) is 18.5. The van der Waals surface area contributed by atoms with Crippen LogP contribution in [0.3, 0.4) is 0 Å². The maximum absolute atomic E-state index is 13.4. The summed E-state index contributed by atoms with van der Waals surface area (Å²) in [5.41, 5.74) is -0.343. The minimum atomic E-state index is -6.22. The number of esters is 2. The van der Waals surface area contributed by atoms with Gasteiger partial charge in [0, 0.05) is 12.3 Å². The van der Waals surface area contributed by atoms with Gasteiger partial charge in [-0.1, -0.05) is 65.7 Å². The third kappa shape index (κ3) is 12.6. The van der Waals surface area contributed by atoms with E-state index in [1.165, 1.54) is 42.5 Å². The van der Waals surface area contributed by atoms with Gasteiger partial charge in [0.25, 0.3) is 5.56 Å². The molecule has 3 aromatic carbocycles. The molecule has 5 rings (SSSR count). The zero-order valence-electron chi connectivity index (χ0n) is 29.9. The number of hydrogen-bond donors (Lipinski definition) is 5. The molecular weight excluding hydrogens is 856 g/mol. The van der Waals surface area contributed by atoms with Crippen LogP contribution in [0, 0.1) is 13.8 Å². The lowest BCUT2D eigenvalue weighted by molar-refractivity contribution is -0.0597. The molecule has 4 aromatic rings. The molecule has 0 bridgehead atoms. The molecule has 312 valence electrons. The average Bonchev–Trinajstić information content (AvgIpc) is 3.44. The first-order valence-electron chi connectivity index (χ1n) is 16.4. The molecule has 1 fully saturated rings. The predicted molar refractivity (Wildman–Crippen MR) is 196 cm³/mol. The number of phosphoric acid groups is 4. The number of ether oxygens (including phenoxy) is 3. The normalized spacial score (nSPS) is 22.1. The maximum atomic E-state index is 13.4. The van der Waals surface area contributed by atoms with Crippen molar-refractivity contribution in [2.45, 2.75) is 45.0 Å². The van der Waals surface area contributed by atoms with E-state index in [2.05, 4.69) is 17.5 Å². The fourth-order valence-corrected chi connectivity index (χ4v) is 10.2. The summed E-state index contributed by atoms with van der Waals surface area (Å²) in [6.45, 7) is 1.49. The molecule has 0 amide bonds. The van der Waals surface area contributed by atoms with E-state index in [9.17, 15) is 57.0 Å². The van der Waals surface area contributed by atoms with Gasteiger partial charge in [-0.25, -0.2) is 32.6 Å². The van der Waals surface area contributed by atoms with E-state index in [-0.39, 0.29) is 11.1 Å². The van der Waals surface area contributed by atoms with Crippen molar-refractivity contribution in [2.24, 2.45) is 0 Å². The molecule has 58 heavy (non-hydrogen) atoms. The number of aryl methyl sites for hydroxylation is 2. The van der Waals surface area contributed by atoms with Crippen LogP contribution < -0.4 is 11.2 Å². The Hall–Kier alpha value is -4.20. The van der Waals surface area contributed by atoms with Crippen molar-refractivity contribution in [1.82, 2.24) is 9.55 Å². The molecule has 8 atom stereocenters. The van der Waals surface area contributed by atoms with Crippen molar-refractivity contribution in [3.05, 3.63) is 140 Å². The third-order valence-corrected chi connectivity index (χ3v) is 13.5. The van der Waals surface area contributed by atoms with E-state index in [4.69, 9.17) is 18.7 Å². The van der Waals surface area contributed by atoms with E-state index < -0.39 is 92.2 Å². The highest BCUT2D eigenvalue weighted by molar-refractivity contribution is 7.69. The van der Waals surface area contributed by atoms with Gasteiger partial charge in [0.1, 0.15) is 6.10 Å². The SMILES string of the molecule is Cc1cccc(C(=O)OC2[C@@H](COP(=O)(O)OP(=O)(O)OP(=O)(O)OP(=O)(O)OCc3ccccc3)O[C@@H](n3ccc(=O)[nH]c3=O)[C@H]2OC(=O)c2cccc(C)c2)c1. The summed E-state index contributed by atoms with van der Waals surface area (Å²) >= 11 is 0. The largest absolute Gasteiger partial charge is 0.490 e. The number of hydrogen-bond acceptors (Lipinski definition) is 16. The molecule has 0 aliphatic carbocycles. The van der Waals surface area contributed by atoms with Gasteiger partial charge in [-0.2, -0.15) is 12.9 Å². The highest BCUT2D eigenvalue weighted by atomic mass is 31.3. The Morgan fingerprint density at radius 3 is 1.74 bits per heavy atom. The molecule has 5 unspecified atom stereocenters. The van der Waals surface area contributed by atoms with Gasteiger partial charge in [0.2, 0.25) is 0 Å². The zero-order valence-corrected chi connectivity index (χ0v) is 33.5. The van der Waals surface area contributed by atoms with E-state index in [0.29, 0.717) is 16.7 Å². The minimum Gasteiger partial charge on any atom is -0.452 e. The molecule has 5 N–H and O–H groups in total. The Kier molecular flexibility index (Phi) is 14.2. The summed E-state index contributed by atoms with van der Waals surface area (Å²) in [5, 5.41) is 0. The number of H-pyrrole nitrogens is 1. The van der Waals surface area contributed by atoms with Gasteiger partial charge in [0.15, 0.2) is 18.4 Å². The second-order valence-electron chi connectivity index (χ2n) is 12.2. The van der Waals surface area contributed by atoms with Crippen molar-refractivity contribution < 1.29 is 83.6 Å². The maximum Gasteiger partial charge on any atom is 0.490 e. The highest BCUT2D eigenvalue weighted by Gasteiger charge is 2.53. The summed E-state index contributed by atoms with van der Waals surface area (Å²) < 4.78 is 89.5. The summed E-state index contributed by atoms with van der Waals surface area (Å²) in [5.74, 6) is -2.06. The molecule has 1 aromatic heterocycles. The monoisotopic (exact) mass is 890 g/mol. The summed E-state index contributed by atoms with van der Waals surface area (Å²) in [6, 6.07) is 20.6. The van der Waals surface area contributed by atoms with Crippen LogP contribution in [0.4, 0.5) is 0 Å². The predicted octanol–water partition coefficient (Wildman–Crippen LogP) is 4.19. The molecule has 0 spiro atoms. The van der Waals surface area contributed by atoms with Crippen LogP contribution in [-0.2, 0) is 61.1 Å². The van der Waals surface area contributed by atoms with E-state index in [1.54, 1.807) is 50.2 Å². The first kappa shape index (κ1) is 44.9. The van der Waals surface area contributed by atoms with Crippen LogP contribution in [0.15, 0.2) is 101 Å². The van der Waals surface area contributed by atoms with E-state index >= 15 is 0 Å². The fraction of sp³-hybridized carbons (Fsp3) is 0.250. The van der Waals surface area contributed by atoms with Crippen LogP contribution in [0.1, 0.15) is 43.6 Å². The average molecular weight is 891 g/mol. The molecule has 0 radical (unpaired) electrons. The number of benzene rings is 3. The van der Waals surface area contributed by atoms with Crippen molar-refractivity contribution in [1.29, 1.82) is 0 Å². The van der Waals surface area contributed by atoms with Crippen LogP contribution in [0.2, 0.25) is 0 Å². The number of nitrogens with zero attached hydrogens (tertiary/aromatic N) is 1. The lowest BCUT2D eigenvalue weighted by Gasteiger charge is -2.25. The summed E-state index contributed by atoms with van der Waals surface area (Å²) in [6.07, 6.45) is -6.19. The number of rotatable bonds is 17. The number of nitrogens with one attached hydrogen (secondary N) is 1. The summed E-state index contributed by atoms with van der Waals surface area (Å²) in [7, 11) is -23.7. The standard InChI is InChI=1S/C32H34N2O20P4/c1-20-8-6-12-23(16-20)30(36)50-27-25(49-29(34-15-14-26(35)33-32(34)38)28(27)51-31(37)24-13-7-9-21(2)17-24)19-48-56(41,42)53-58(45,46)54-57(43,44)52-55(39,40)47-18-22-10-4-3-5-11-22/h3-17,25,27-29H,18-19H2,1-2H3,(H,39,40)(H,41,42)(H,43,44)(H,45,46)(H,33,35,38)/t25-,27?,28+,29-/m1/s1. The third-order valence-electron chi connectivity index (χ3n) is 7.66. The number of phosphoric ester groups is 2. The Bertz CT molecular complexity index is 2460. The van der Waals surface area contributed by atoms with Gasteiger partial charge in [-0.3, -0.25) is 23.4 Å². The first-order chi connectivity index (χ1) is 27.1. The van der Waals surface area contributed by atoms with Crippen LogP contribution in [-0.4, -0.2) is 66.0 Å². The fourth-order valence-electron chi connectivity index (χ4n) is 5.26. The van der Waals surface area contributed by atoms with Gasteiger partial charge in [0.05, 0.1) is 24.3 Å².